The first-order chi connectivity index (χ1) is 13.6. The molecule has 4 rings (SSSR count). The van der Waals surface area contributed by atoms with Gasteiger partial charge in [-0.05, 0) is 50.2 Å². The van der Waals surface area contributed by atoms with Crippen LogP contribution in [0.2, 0.25) is 0 Å². The highest BCUT2D eigenvalue weighted by atomic mass is 16.5. The SMILES string of the molecule is COC(=O)c1cccc(-c2c(C(=O)N3CCCC4CCCC=C43)cnn2C)c1. The summed E-state index contributed by atoms with van der Waals surface area (Å²) in [6.07, 6.45) is 9.47. The van der Waals surface area contributed by atoms with E-state index in [0.717, 1.165) is 37.8 Å². The van der Waals surface area contributed by atoms with Gasteiger partial charge in [-0.2, -0.15) is 5.10 Å². The largest absolute Gasteiger partial charge is 0.465 e. The summed E-state index contributed by atoms with van der Waals surface area (Å²) in [7, 11) is 3.18. The maximum atomic E-state index is 13.5. The first kappa shape index (κ1) is 18.5. The number of likely N-dealkylation sites (tertiary alicyclic amines) is 1. The number of rotatable bonds is 3. The fraction of sp³-hybridized carbons (Fsp3) is 0.409. The van der Waals surface area contributed by atoms with E-state index in [9.17, 15) is 9.59 Å². The molecule has 2 aliphatic rings. The Kier molecular flexibility index (Phi) is 5.03. The van der Waals surface area contributed by atoms with Gasteiger partial charge in [-0.25, -0.2) is 4.79 Å². The Bertz CT molecular complexity index is 944. The second-order valence-corrected chi connectivity index (χ2v) is 7.46. The number of aryl methyl sites for hydroxylation is 1. The summed E-state index contributed by atoms with van der Waals surface area (Å²) in [5, 5.41) is 4.34. The zero-order chi connectivity index (χ0) is 19.7. The number of hydrogen-bond donors (Lipinski definition) is 0. The number of amides is 1. The number of aromatic nitrogens is 2. The fourth-order valence-electron chi connectivity index (χ4n) is 4.39. The molecule has 1 aromatic carbocycles. The predicted molar refractivity (Wildman–Crippen MR) is 106 cm³/mol. The average Bonchev–Trinajstić information content (AvgIpc) is 3.13. The molecule has 1 aliphatic carbocycles. The zero-order valence-corrected chi connectivity index (χ0v) is 16.4. The molecule has 0 saturated carbocycles. The van der Waals surface area contributed by atoms with Crippen molar-refractivity contribution in [2.75, 3.05) is 13.7 Å². The van der Waals surface area contributed by atoms with Crippen molar-refractivity contribution in [1.82, 2.24) is 14.7 Å². The molecule has 1 saturated heterocycles. The Labute approximate surface area is 164 Å². The molecule has 1 aromatic heterocycles. The van der Waals surface area contributed by atoms with E-state index in [0.29, 0.717) is 22.7 Å². The molecule has 1 fully saturated rings. The van der Waals surface area contributed by atoms with Crippen molar-refractivity contribution in [1.29, 1.82) is 0 Å². The molecule has 0 N–H and O–H groups in total. The number of hydrogen-bond acceptors (Lipinski definition) is 4. The fourth-order valence-corrected chi connectivity index (χ4v) is 4.39. The maximum absolute atomic E-state index is 13.5. The van der Waals surface area contributed by atoms with Crippen LogP contribution in [0, 0.1) is 5.92 Å². The van der Waals surface area contributed by atoms with Crippen LogP contribution in [-0.2, 0) is 11.8 Å². The predicted octanol–water partition coefficient (Wildman–Crippen LogP) is 3.79. The summed E-state index contributed by atoms with van der Waals surface area (Å²) in [6, 6.07) is 7.14. The lowest BCUT2D eigenvalue weighted by Crippen LogP contribution is -2.39. The zero-order valence-electron chi connectivity index (χ0n) is 16.4. The minimum atomic E-state index is -0.400. The molecule has 6 nitrogen and oxygen atoms in total. The number of ether oxygens (including phenoxy) is 1. The third-order valence-electron chi connectivity index (χ3n) is 5.75. The van der Waals surface area contributed by atoms with Crippen LogP contribution in [0.4, 0.5) is 0 Å². The Hall–Kier alpha value is -2.89. The number of piperidine rings is 1. The molecule has 1 aliphatic heterocycles. The minimum Gasteiger partial charge on any atom is -0.465 e. The highest BCUT2D eigenvalue weighted by Gasteiger charge is 2.32. The number of nitrogens with zero attached hydrogens (tertiary/aromatic N) is 3. The Morgan fingerprint density at radius 3 is 2.86 bits per heavy atom. The smallest absolute Gasteiger partial charge is 0.337 e. The van der Waals surface area contributed by atoms with Crippen LogP contribution in [-0.4, -0.2) is 40.2 Å². The average molecular weight is 379 g/mol. The van der Waals surface area contributed by atoms with Gasteiger partial charge in [-0.3, -0.25) is 9.48 Å². The van der Waals surface area contributed by atoms with Crippen LogP contribution in [0.5, 0.6) is 0 Å². The van der Waals surface area contributed by atoms with Crippen molar-refractivity contribution in [2.45, 2.75) is 32.1 Å². The van der Waals surface area contributed by atoms with Crippen molar-refractivity contribution in [3.63, 3.8) is 0 Å². The summed E-state index contributed by atoms with van der Waals surface area (Å²) in [4.78, 5) is 27.3. The molecular weight excluding hydrogens is 354 g/mol. The molecule has 1 amide bonds. The normalized spacial score (nSPS) is 19.0. The van der Waals surface area contributed by atoms with Gasteiger partial charge in [0.25, 0.3) is 5.91 Å². The van der Waals surface area contributed by atoms with E-state index in [1.165, 1.54) is 19.2 Å². The van der Waals surface area contributed by atoms with Crippen LogP contribution in [0.25, 0.3) is 11.3 Å². The van der Waals surface area contributed by atoms with Crippen LogP contribution in [0.1, 0.15) is 52.8 Å². The summed E-state index contributed by atoms with van der Waals surface area (Å²) < 4.78 is 6.52. The second kappa shape index (κ2) is 7.62. The number of methoxy groups -OCH3 is 1. The molecular formula is C22H25N3O3. The van der Waals surface area contributed by atoms with Gasteiger partial charge >= 0.3 is 5.97 Å². The third-order valence-corrected chi connectivity index (χ3v) is 5.75. The number of esters is 1. The maximum Gasteiger partial charge on any atom is 0.337 e. The number of fused-ring (bicyclic) bond motifs is 1. The van der Waals surface area contributed by atoms with E-state index in [-0.39, 0.29) is 5.91 Å². The number of carbonyl (C=O) groups excluding carboxylic acids is 2. The van der Waals surface area contributed by atoms with Crippen molar-refractivity contribution < 1.29 is 14.3 Å². The number of allylic oxidation sites excluding steroid dienone is 2. The number of benzene rings is 1. The summed E-state index contributed by atoms with van der Waals surface area (Å²) in [5.74, 6) is 0.0850. The first-order valence-corrected chi connectivity index (χ1v) is 9.83. The molecule has 1 atom stereocenters. The van der Waals surface area contributed by atoms with Crippen LogP contribution in [0.3, 0.4) is 0 Å². The van der Waals surface area contributed by atoms with E-state index in [1.54, 1.807) is 29.1 Å². The Morgan fingerprint density at radius 2 is 2.04 bits per heavy atom. The minimum absolute atomic E-state index is 0.00980. The van der Waals surface area contributed by atoms with Gasteiger partial charge in [-0.1, -0.05) is 18.2 Å². The van der Waals surface area contributed by atoms with Crippen molar-refractivity contribution in [3.05, 3.63) is 53.4 Å². The molecule has 0 bridgehead atoms. The molecule has 146 valence electrons. The van der Waals surface area contributed by atoms with Gasteiger partial charge < -0.3 is 9.64 Å². The third kappa shape index (κ3) is 3.23. The summed E-state index contributed by atoms with van der Waals surface area (Å²) in [6.45, 7) is 0.748. The van der Waals surface area contributed by atoms with Crippen LogP contribution in [0.15, 0.2) is 42.2 Å². The molecule has 2 aromatic rings. The van der Waals surface area contributed by atoms with Crippen molar-refractivity contribution >= 4 is 11.9 Å². The van der Waals surface area contributed by atoms with E-state index >= 15 is 0 Å². The van der Waals surface area contributed by atoms with Crippen molar-refractivity contribution in [2.24, 2.45) is 13.0 Å². The highest BCUT2D eigenvalue weighted by Crippen LogP contribution is 2.36. The first-order valence-electron chi connectivity index (χ1n) is 9.83. The van der Waals surface area contributed by atoms with E-state index < -0.39 is 5.97 Å². The topological polar surface area (TPSA) is 64.4 Å². The lowest BCUT2D eigenvalue weighted by molar-refractivity contribution is 0.0600. The van der Waals surface area contributed by atoms with E-state index in [2.05, 4.69) is 11.2 Å². The Balaban J connectivity index is 1.72. The van der Waals surface area contributed by atoms with Gasteiger partial charge in [0.15, 0.2) is 0 Å². The lowest BCUT2D eigenvalue weighted by atomic mass is 9.84. The lowest BCUT2D eigenvalue weighted by Gasteiger charge is -2.38. The van der Waals surface area contributed by atoms with Gasteiger partial charge in [0.1, 0.15) is 0 Å². The molecule has 28 heavy (non-hydrogen) atoms. The summed E-state index contributed by atoms with van der Waals surface area (Å²) in [5.41, 5.74) is 3.69. The number of carbonyl (C=O) groups is 2. The molecule has 2 heterocycles. The van der Waals surface area contributed by atoms with Gasteiger partial charge in [0.05, 0.1) is 30.1 Å². The van der Waals surface area contributed by atoms with Gasteiger partial charge in [0.2, 0.25) is 0 Å². The standard InChI is InChI=1S/C22H25N3O3/c1-24-20(16-8-5-9-17(13-16)22(27)28-2)18(14-23-24)21(26)25-12-6-10-15-7-3-4-11-19(15)25/h5,8-9,11,13-15H,3-4,6-7,10,12H2,1-2H3. The monoisotopic (exact) mass is 379 g/mol. The Morgan fingerprint density at radius 1 is 1.21 bits per heavy atom. The van der Waals surface area contributed by atoms with E-state index in [1.807, 2.05) is 18.0 Å². The van der Waals surface area contributed by atoms with Gasteiger partial charge in [-0.15, -0.1) is 0 Å². The molecule has 6 heteroatoms. The van der Waals surface area contributed by atoms with Crippen LogP contribution >= 0.6 is 0 Å². The highest BCUT2D eigenvalue weighted by molar-refractivity contribution is 6.01. The van der Waals surface area contributed by atoms with Gasteiger partial charge in [0, 0.05) is 24.9 Å². The molecule has 1 unspecified atom stereocenters. The van der Waals surface area contributed by atoms with Crippen molar-refractivity contribution in [3.8, 4) is 11.3 Å². The van der Waals surface area contributed by atoms with E-state index in [4.69, 9.17) is 4.74 Å². The molecule has 0 spiro atoms. The molecule has 0 radical (unpaired) electrons. The summed E-state index contributed by atoms with van der Waals surface area (Å²) >= 11 is 0. The quantitative estimate of drug-likeness (QED) is 0.761. The van der Waals surface area contributed by atoms with Crippen LogP contribution < -0.4 is 0 Å². The second-order valence-electron chi connectivity index (χ2n) is 7.46.